The van der Waals surface area contributed by atoms with Gasteiger partial charge in [0, 0.05) is 62.2 Å². The summed E-state index contributed by atoms with van der Waals surface area (Å²) < 4.78 is 5.24. The van der Waals surface area contributed by atoms with Crippen LogP contribution in [0.15, 0.2) is 101 Å². The van der Waals surface area contributed by atoms with Crippen molar-refractivity contribution >= 4 is 61.1 Å². The van der Waals surface area contributed by atoms with Gasteiger partial charge < -0.3 is 9.88 Å². The number of amides is 1. The van der Waals surface area contributed by atoms with E-state index in [4.69, 9.17) is 0 Å². The topological polar surface area (TPSA) is 77.6 Å². The minimum absolute atomic E-state index is 0.107. The molecule has 38 heavy (non-hydrogen) atoms. The smallest absolute Gasteiger partial charge is 0.234 e. The molecule has 6 aromatic rings. The number of pyridine rings is 1. The first-order chi connectivity index (χ1) is 18.6. The largest absolute Gasteiger partial charge is 0.341 e. The summed E-state index contributed by atoms with van der Waals surface area (Å²) in [6, 6.07) is 26.2. The van der Waals surface area contributed by atoms with Crippen LogP contribution in [0.25, 0.3) is 38.9 Å². The lowest BCUT2D eigenvalue weighted by atomic mass is 10.1. The molecule has 0 atom stereocenters. The van der Waals surface area contributed by atoms with Gasteiger partial charge in [-0.1, -0.05) is 45.9 Å². The number of aryl methyl sites for hydroxylation is 1. The average Bonchev–Trinajstić information content (AvgIpc) is 3.52. The molecule has 3 heterocycles. The first-order valence-electron chi connectivity index (χ1n) is 12.2. The summed E-state index contributed by atoms with van der Waals surface area (Å²) in [4.78, 5) is 17.1. The van der Waals surface area contributed by atoms with Crippen LogP contribution in [0.1, 0.15) is 6.92 Å². The number of carbonyl (C=O) groups is 1. The predicted octanol–water partition coefficient (Wildman–Crippen LogP) is 6.95. The molecule has 7 nitrogen and oxygen atoms in total. The van der Waals surface area contributed by atoms with Crippen molar-refractivity contribution in [3.8, 4) is 17.1 Å². The number of para-hydroxylation sites is 1. The van der Waals surface area contributed by atoms with Gasteiger partial charge in [-0.05, 0) is 67.6 Å². The van der Waals surface area contributed by atoms with Gasteiger partial charge in [0.1, 0.15) is 0 Å². The van der Waals surface area contributed by atoms with Crippen LogP contribution in [0.4, 0.5) is 5.69 Å². The maximum absolute atomic E-state index is 13.0. The van der Waals surface area contributed by atoms with E-state index >= 15 is 0 Å². The second-order valence-corrected chi connectivity index (χ2v) is 10.5. The molecule has 9 heteroatoms. The van der Waals surface area contributed by atoms with Crippen LogP contribution in [0.5, 0.6) is 0 Å². The van der Waals surface area contributed by atoms with E-state index in [1.807, 2.05) is 53.1 Å². The summed E-state index contributed by atoms with van der Waals surface area (Å²) in [7, 11) is 0. The van der Waals surface area contributed by atoms with Crippen molar-refractivity contribution in [1.82, 2.24) is 24.3 Å². The third-order valence-electron chi connectivity index (χ3n) is 6.36. The highest BCUT2D eigenvalue weighted by atomic mass is 79.9. The molecule has 0 aliphatic rings. The van der Waals surface area contributed by atoms with E-state index in [1.54, 1.807) is 12.4 Å². The Morgan fingerprint density at radius 2 is 1.68 bits per heavy atom. The highest BCUT2D eigenvalue weighted by molar-refractivity contribution is 9.10. The Kier molecular flexibility index (Phi) is 6.70. The molecule has 0 radical (unpaired) electrons. The van der Waals surface area contributed by atoms with E-state index < -0.39 is 0 Å². The summed E-state index contributed by atoms with van der Waals surface area (Å²) in [5.74, 6) is 0.777. The van der Waals surface area contributed by atoms with Crippen LogP contribution in [0.3, 0.4) is 0 Å². The molecule has 0 aliphatic heterocycles. The van der Waals surface area contributed by atoms with E-state index in [-0.39, 0.29) is 11.7 Å². The number of aromatic nitrogens is 5. The minimum Gasteiger partial charge on any atom is -0.341 e. The standard InChI is InChI=1S/C29H23BrN6OS/c1-2-35-25-6-4-3-5-23(25)24-17-21(9-12-26(24)35)32-27(37)18-38-29-34-33-28(19-13-15-31-16-14-19)36(29)22-10-7-20(30)8-11-22/h3-17H,2,18H2,1H3,(H,32,37). The molecule has 0 fully saturated rings. The number of hydrogen-bond acceptors (Lipinski definition) is 5. The highest BCUT2D eigenvalue weighted by Gasteiger charge is 2.18. The molecule has 188 valence electrons. The van der Waals surface area contributed by atoms with Crippen molar-refractivity contribution < 1.29 is 4.79 Å². The van der Waals surface area contributed by atoms with Gasteiger partial charge in [-0.25, -0.2) is 0 Å². The average molecular weight is 584 g/mol. The second kappa shape index (κ2) is 10.4. The van der Waals surface area contributed by atoms with E-state index in [9.17, 15) is 4.79 Å². The molecule has 1 N–H and O–H groups in total. The SMILES string of the molecule is CCn1c2ccccc2c2cc(NC(=O)CSc3nnc(-c4ccncc4)n3-c3ccc(Br)cc3)ccc21. The molecule has 3 aromatic carbocycles. The van der Waals surface area contributed by atoms with Gasteiger partial charge >= 0.3 is 0 Å². The summed E-state index contributed by atoms with van der Waals surface area (Å²) in [5, 5.41) is 14.9. The highest BCUT2D eigenvalue weighted by Crippen LogP contribution is 2.32. The van der Waals surface area contributed by atoms with Crippen LogP contribution >= 0.6 is 27.7 Å². The maximum Gasteiger partial charge on any atom is 0.234 e. The Bertz CT molecular complexity index is 1760. The van der Waals surface area contributed by atoms with Gasteiger partial charge in [-0.3, -0.25) is 14.3 Å². The number of hydrogen-bond donors (Lipinski definition) is 1. The normalized spacial score (nSPS) is 11.3. The third kappa shape index (κ3) is 4.59. The zero-order chi connectivity index (χ0) is 26.1. The number of anilines is 1. The fraction of sp³-hybridized carbons (Fsp3) is 0.103. The number of carbonyl (C=O) groups excluding carboxylic acids is 1. The Morgan fingerprint density at radius 1 is 0.921 bits per heavy atom. The van der Waals surface area contributed by atoms with Gasteiger partial charge in [0.25, 0.3) is 0 Å². The summed E-state index contributed by atoms with van der Waals surface area (Å²) in [6.07, 6.45) is 3.45. The van der Waals surface area contributed by atoms with E-state index in [2.05, 4.69) is 78.3 Å². The molecule has 6 rings (SSSR count). The van der Waals surface area contributed by atoms with Crippen molar-refractivity contribution in [1.29, 1.82) is 0 Å². The molecule has 0 saturated heterocycles. The van der Waals surface area contributed by atoms with Crippen molar-refractivity contribution in [3.63, 3.8) is 0 Å². The molecule has 0 saturated carbocycles. The fourth-order valence-electron chi connectivity index (χ4n) is 4.67. The molecule has 0 aliphatic carbocycles. The lowest BCUT2D eigenvalue weighted by Crippen LogP contribution is -2.14. The van der Waals surface area contributed by atoms with Gasteiger partial charge in [0.15, 0.2) is 11.0 Å². The number of halogens is 1. The van der Waals surface area contributed by atoms with Crippen LogP contribution < -0.4 is 5.32 Å². The molecule has 0 spiro atoms. The Labute approximate surface area is 232 Å². The van der Waals surface area contributed by atoms with Gasteiger partial charge in [0.05, 0.1) is 5.75 Å². The van der Waals surface area contributed by atoms with Crippen LogP contribution in [0, 0.1) is 0 Å². The van der Waals surface area contributed by atoms with Crippen molar-refractivity contribution in [2.24, 2.45) is 0 Å². The molecule has 0 unspecified atom stereocenters. The first kappa shape index (κ1) is 24.4. The van der Waals surface area contributed by atoms with Crippen molar-refractivity contribution in [2.75, 3.05) is 11.1 Å². The molecular formula is C29H23BrN6OS. The number of rotatable bonds is 7. The number of fused-ring (bicyclic) bond motifs is 3. The molecule has 3 aromatic heterocycles. The quantitative estimate of drug-likeness (QED) is 0.206. The van der Waals surface area contributed by atoms with Crippen LogP contribution in [-0.4, -0.2) is 36.0 Å². The van der Waals surface area contributed by atoms with Crippen molar-refractivity contribution in [3.05, 3.63) is 95.7 Å². The lowest BCUT2D eigenvalue weighted by molar-refractivity contribution is -0.113. The first-order valence-corrected chi connectivity index (χ1v) is 14.0. The summed E-state index contributed by atoms with van der Waals surface area (Å²) >= 11 is 4.85. The predicted molar refractivity (Wildman–Crippen MR) is 157 cm³/mol. The maximum atomic E-state index is 13.0. The third-order valence-corrected chi connectivity index (χ3v) is 7.82. The number of thioether (sulfide) groups is 1. The summed E-state index contributed by atoms with van der Waals surface area (Å²) in [5.41, 5.74) is 4.93. The Balaban J connectivity index is 1.25. The molecule has 1 amide bonds. The summed E-state index contributed by atoms with van der Waals surface area (Å²) in [6.45, 7) is 3.03. The Hall–Kier alpha value is -3.95. The second-order valence-electron chi connectivity index (χ2n) is 8.68. The number of benzene rings is 3. The lowest BCUT2D eigenvalue weighted by Gasteiger charge is -2.11. The fourth-order valence-corrected chi connectivity index (χ4v) is 5.69. The number of nitrogens with one attached hydrogen (secondary N) is 1. The van der Waals surface area contributed by atoms with Gasteiger partial charge in [-0.15, -0.1) is 10.2 Å². The molecule has 0 bridgehead atoms. The van der Waals surface area contributed by atoms with E-state index in [0.717, 1.165) is 38.9 Å². The monoisotopic (exact) mass is 582 g/mol. The van der Waals surface area contributed by atoms with Gasteiger partial charge in [0.2, 0.25) is 5.91 Å². The zero-order valence-electron chi connectivity index (χ0n) is 20.5. The van der Waals surface area contributed by atoms with Gasteiger partial charge in [-0.2, -0.15) is 0 Å². The Morgan fingerprint density at radius 3 is 2.47 bits per heavy atom. The molecular weight excluding hydrogens is 560 g/mol. The van der Waals surface area contributed by atoms with Crippen LogP contribution in [-0.2, 0) is 11.3 Å². The number of nitrogens with zero attached hydrogens (tertiary/aromatic N) is 5. The van der Waals surface area contributed by atoms with Crippen molar-refractivity contribution in [2.45, 2.75) is 18.6 Å². The van der Waals surface area contributed by atoms with Crippen LogP contribution in [0.2, 0.25) is 0 Å². The van der Waals surface area contributed by atoms with E-state index in [0.29, 0.717) is 11.0 Å². The zero-order valence-corrected chi connectivity index (χ0v) is 22.9. The minimum atomic E-state index is -0.107. The van der Waals surface area contributed by atoms with E-state index in [1.165, 1.54) is 22.7 Å².